The Morgan fingerprint density at radius 3 is 1.29 bits per heavy atom. The summed E-state index contributed by atoms with van der Waals surface area (Å²) in [5, 5.41) is 10.4. The van der Waals surface area contributed by atoms with E-state index in [-0.39, 0.29) is 19.7 Å². The van der Waals surface area contributed by atoms with Crippen LogP contribution in [-0.4, -0.2) is 58.4 Å². The van der Waals surface area contributed by atoms with Gasteiger partial charge in [0.1, 0.15) is 23.0 Å². The van der Waals surface area contributed by atoms with Gasteiger partial charge in [0.15, 0.2) is 0 Å². The van der Waals surface area contributed by atoms with Crippen molar-refractivity contribution in [1.29, 1.82) is 0 Å². The number of para-hydroxylation sites is 2. The minimum Gasteiger partial charge on any atom is -0.481 e. The lowest BCUT2D eigenvalue weighted by atomic mass is 9.55. The Labute approximate surface area is 304 Å². The number of carboxylic acid groups (broad SMARTS) is 1. The van der Waals surface area contributed by atoms with Crippen molar-refractivity contribution in [3.63, 3.8) is 0 Å². The van der Waals surface area contributed by atoms with E-state index in [0.29, 0.717) is 48.9 Å². The number of amides is 2. The molecule has 1 N–H and O–H groups in total. The van der Waals surface area contributed by atoms with Gasteiger partial charge in [-0.1, -0.05) is 74.5 Å². The second-order valence-electron chi connectivity index (χ2n) is 12.8. The summed E-state index contributed by atoms with van der Waals surface area (Å²) in [4.78, 5) is 58.1. The third-order valence-corrected chi connectivity index (χ3v) is 9.12. The normalized spacial score (nSPS) is 17.7. The van der Waals surface area contributed by atoms with Crippen molar-refractivity contribution >= 4 is 23.8 Å². The van der Waals surface area contributed by atoms with Gasteiger partial charge >= 0.3 is 11.9 Å². The van der Waals surface area contributed by atoms with Crippen LogP contribution in [0.4, 0.5) is 0 Å². The van der Waals surface area contributed by atoms with E-state index < -0.39 is 47.4 Å². The van der Waals surface area contributed by atoms with E-state index in [1.165, 1.54) is 0 Å². The van der Waals surface area contributed by atoms with E-state index in [1.807, 2.05) is 123 Å². The van der Waals surface area contributed by atoms with Crippen molar-refractivity contribution in [3.05, 3.63) is 120 Å². The molecule has 4 atom stereocenters. The van der Waals surface area contributed by atoms with Gasteiger partial charge in [-0.15, -0.1) is 0 Å². The van der Waals surface area contributed by atoms with Crippen LogP contribution >= 0.6 is 0 Å². The zero-order chi connectivity index (χ0) is 37.0. The number of carbonyl (C=O) groups is 4. The van der Waals surface area contributed by atoms with Crippen molar-refractivity contribution in [3.8, 4) is 23.0 Å². The zero-order valence-corrected chi connectivity index (χ0v) is 29.9. The summed E-state index contributed by atoms with van der Waals surface area (Å²) in [6.07, 6.45) is 1.22. The van der Waals surface area contributed by atoms with Crippen LogP contribution in [-0.2, 0) is 37.0 Å². The van der Waals surface area contributed by atoms with Crippen LogP contribution in [0.2, 0.25) is 0 Å². The Hall–Kier alpha value is -5.64. The molecule has 0 heterocycles. The highest BCUT2D eigenvalue weighted by Crippen LogP contribution is 2.49. The number of hydrogen-bond donors (Lipinski definition) is 1. The molecule has 0 saturated heterocycles. The predicted molar refractivity (Wildman–Crippen MR) is 196 cm³/mol. The summed E-state index contributed by atoms with van der Waals surface area (Å²) in [5.74, 6) is -5.49. The Morgan fingerprint density at radius 1 is 0.538 bits per heavy atom. The number of rotatable bonds is 17. The molecule has 52 heavy (non-hydrogen) atoms. The molecule has 2 amide bonds. The van der Waals surface area contributed by atoms with Gasteiger partial charge in [-0.25, -0.2) is 0 Å². The van der Waals surface area contributed by atoms with Crippen LogP contribution in [0.5, 0.6) is 23.0 Å². The summed E-state index contributed by atoms with van der Waals surface area (Å²) in [5.41, 5.74) is 1.63. The molecule has 1 aliphatic rings. The highest BCUT2D eigenvalue weighted by Gasteiger charge is 2.65. The van der Waals surface area contributed by atoms with Crippen LogP contribution in [0.25, 0.3) is 0 Å². The zero-order valence-electron chi connectivity index (χ0n) is 29.9. The van der Waals surface area contributed by atoms with Gasteiger partial charge in [-0.05, 0) is 79.4 Å². The first kappa shape index (κ1) is 37.6. The number of nitrogens with zero attached hydrogens (tertiary/aromatic N) is 2. The molecule has 0 bridgehead atoms. The van der Waals surface area contributed by atoms with Crippen molar-refractivity contribution in [2.75, 3.05) is 19.7 Å². The molecule has 0 radical (unpaired) electrons. The fourth-order valence-electron chi connectivity index (χ4n) is 6.71. The van der Waals surface area contributed by atoms with Crippen molar-refractivity contribution in [2.24, 2.45) is 23.7 Å². The van der Waals surface area contributed by atoms with Crippen LogP contribution < -0.4 is 9.47 Å². The molecule has 0 aromatic heterocycles. The summed E-state index contributed by atoms with van der Waals surface area (Å²) < 4.78 is 17.1. The van der Waals surface area contributed by atoms with Gasteiger partial charge in [0.05, 0.1) is 30.3 Å². The standard InChI is InChI=1S/C42H46N2O8/c1-4-25-43(27-29-17-21-33(22-18-29)51-31-13-9-7-10-14-31)39(45)35-36(38(37(35)41(47)48)42(49)50-6-3)40(46)44(26-5-2)28-30-19-23-34(24-20-30)52-32-15-11-8-12-16-32/h7-24,35-38H,4-6,25-28H2,1-3H3,(H,47,48)/t35-,36-,37-,38-/m1/s1. The first-order chi connectivity index (χ1) is 25.2. The van der Waals surface area contributed by atoms with Crippen molar-refractivity contribution in [2.45, 2.75) is 46.7 Å². The molecule has 4 aromatic rings. The lowest BCUT2D eigenvalue weighted by Crippen LogP contribution is -2.64. The Bertz CT molecular complexity index is 1780. The number of hydrogen-bond acceptors (Lipinski definition) is 7. The predicted octanol–water partition coefficient (Wildman–Crippen LogP) is 7.57. The van der Waals surface area contributed by atoms with E-state index in [0.717, 1.165) is 11.1 Å². The number of carboxylic acids is 1. The quantitative estimate of drug-likeness (QED) is 0.112. The number of ether oxygens (including phenoxy) is 3. The SMILES string of the molecule is CCCN(Cc1ccc(Oc2ccccc2)cc1)C(=O)[C@H]1[C@@H](C(=O)O)[C@H](C(=O)OCC)[C@@H]1C(=O)N(CCC)Cc1ccc(Oc2ccccc2)cc1. The minimum atomic E-state index is -1.40. The highest BCUT2D eigenvalue weighted by molar-refractivity contribution is 6.00. The van der Waals surface area contributed by atoms with Gasteiger partial charge in [0.2, 0.25) is 11.8 Å². The first-order valence-electron chi connectivity index (χ1n) is 17.8. The molecule has 0 unspecified atom stereocenters. The summed E-state index contributed by atoms with van der Waals surface area (Å²) in [6, 6.07) is 33.5. The third-order valence-electron chi connectivity index (χ3n) is 9.12. The lowest BCUT2D eigenvalue weighted by Gasteiger charge is -2.49. The van der Waals surface area contributed by atoms with Gasteiger partial charge in [0, 0.05) is 26.2 Å². The molecule has 1 saturated carbocycles. The molecule has 272 valence electrons. The molecule has 5 rings (SSSR count). The largest absolute Gasteiger partial charge is 0.481 e. The molecule has 0 spiro atoms. The second kappa shape index (κ2) is 18.0. The monoisotopic (exact) mass is 706 g/mol. The van der Waals surface area contributed by atoms with Crippen LogP contribution in [0.15, 0.2) is 109 Å². The molecule has 0 aliphatic heterocycles. The average molecular weight is 707 g/mol. The fraction of sp³-hybridized carbons (Fsp3) is 0.333. The Kier molecular flexibility index (Phi) is 13.0. The Balaban J connectivity index is 1.38. The van der Waals surface area contributed by atoms with E-state index in [1.54, 1.807) is 16.7 Å². The molecule has 1 aliphatic carbocycles. The average Bonchev–Trinajstić information content (AvgIpc) is 3.13. The first-order valence-corrected chi connectivity index (χ1v) is 17.8. The number of aliphatic carboxylic acids is 1. The molecule has 10 heteroatoms. The fourth-order valence-corrected chi connectivity index (χ4v) is 6.71. The van der Waals surface area contributed by atoms with Crippen LogP contribution in [0.3, 0.4) is 0 Å². The van der Waals surface area contributed by atoms with Gasteiger partial charge in [-0.2, -0.15) is 0 Å². The molecular formula is C42H46N2O8. The number of esters is 1. The maximum Gasteiger partial charge on any atom is 0.310 e. The number of carbonyl (C=O) groups excluding carboxylic acids is 3. The summed E-state index contributed by atoms with van der Waals surface area (Å²) in [6.45, 7) is 6.59. The summed E-state index contributed by atoms with van der Waals surface area (Å²) >= 11 is 0. The molecule has 10 nitrogen and oxygen atoms in total. The maximum atomic E-state index is 14.5. The molecule has 4 aromatic carbocycles. The van der Waals surface area contributed by atoms with Crippen LogP contribution in [0.1, 0.15) is 44.7 Å². The van der Waals surface area contributed by atoms with E-state index in [4.69, 9.17) is 14.2 Å². The van der Waals surface area contributed by atoms with Crippen molar-refractivity contribution in [1.82, 2.24) is 9.80 Å². The summed E-state index contributed by atoms with van der Waals surface area (Å²) in [7, 11) is 0. The number of benzene rings is 4. The third kappa shape index (κ3) is 9.17. The topological polar surface area (TPSA) is 123 Å². The van der Waals surface area contributed by atoms with Crippen LogP contribution in [0, 0.1) is 23.7 Å². The lowest BCUT2D eigenvalue weighted by molar-refractivity contribution is -0.190. The van der Waals surface area contributed by atoms with Gasteiger partial charge in [-0.3, -0.25) is 19.2 Å². The van der Waals surface area contributed by atoms with Crippen molar-refractivity contribution < 1.29 is 38.5 Å². The van der Waals surface area contributed by atoms with Gasteiger partial charge in [0.25, 0.3) is 0 Å². The second-order valence-corrected chi connectivity index (χ2v) is 12.8. The highest BCUT2D eigenvalue weighted by atomic mass is 16.5. The molecular weight excluding hydrogens is 660 g/mol. The maximum absolute atomic E-state index is 14.5. The Morgan fingerprint density at radius 2 is 0.923 bits per heavy atom. The van der Waals surface area contributed by atoms with Gasteiger partial charge < -0.3 is 29.1 Å². The van der Waals surface area contributed by atoms with E-state index in [9.17, 15) is 24.3 Å². The molecule has 1 fully saturated rings. The smallest absolute Gasteiger partial charge is 0.310 e. The van der Waals surface area contributed by atoms with E-state index >= 15 is 0 Å². The van der Waals surface area contributed by atoms with E-state index in [2.05, 4.69) is 0 Å². The minimum absolute atomic E-state index is 0.0171.